The fraction of sp³-hybridized carbons (Fsp3) is 0.348. The Morgan fingerprint density at radius 3 is 2.47 bits per heavy atom. The lowest BCUT2D eigenvalue weighted by Crippen LogP contribution is -2.60. The van der Waals surface area contributed by atoms with Crippen LogP contribution < -0.4 is 15.5 Å². The van der Waals surface area contributed by atoms with Crippen LogP contribution in [0.3, 0.4) is 0 Å². The second-order valence-electron chi connectivity index (χ2n) is 7.85. The largest absolute Gasteiger partial charge is 0.368 e. The van der Waals surface area contributed by atoms with Gasteiger partial charge in [0.1, 0.15) is 6.04 Å². The highest BCUT2D eigenvalue weighted by molar-refractivity contribution is 6.30. The van der Waals surface area contributed by atoms with Crippen molar-refractivity contribution in [1.29, 1.82) is 0 Å². The highest BCUT2D eigenvalue weighted by Crippen LogP contribution is 2.19. The van der Waals surface area contributed by atoms with Gasteiger partial charge in [0.2, 0.25) is 11.8 Å². The van der Waals surface area contributed by atoms with E-state index in [2.05, 4.69) is 27.7 Å². The molecule has 4 rings (SSSR count). The van der Waals surface area contributed by atoms with Gasteiger partial charge in [-0.25, -0.2) is 4.79 Å². The van der Waals surface area contributed by atoms with Crippen molar-refractivity contribution in [3.63, 3.8) is 0 Å². The van der Waals surface area contributed by atoms with Gasteiger partial charge in [-0.3, -0.25) is 9.59 Å². The van der Waals surface area contributed by atoms with Crippen LogP contribution in [-0.4, -0.2) is 73.0 Å². The minimum Gasteiger partial charge on any atom is -0.368 e. The standard InChI is InChI=1S/C23H26ClN5O3/c24-17-5-4-6-18(15-17)26-23(32)29-10-9-25-22(31)20(29)16-21(30)28-13-11-27(12-14-28)19-7-2-1-3-8-19/h1-8,15,20H,9-14,16H2,(H,25,31)(H,26,32)/t20-/m0/s1. The van der Waals surface area contributed by atoms with Crippen molar-refractivity contribution in [3.8, 4) is 0 Å². The van der Waals surface area contributed by atoms with Crippen LogP contribution in [0.5, 0.6) is 0 Å². The van der Waals surface area contributed by atoms with Gasteiger partial charge < -0.3 is 25.3 Å². The van der Waals surface area contributed by atoms with Crippen molar-refractivity contribution in [2.24, 2.45) is 0 Å². The molecular formula is C23H26ClN5O3. The molecule has 0 spiro atoms. The molecule has 0 aromatic heterocycles. The predicted molar refractivity (Wildman–Crippen MR) is 124 cm³/mol. The Hall–Kier alpha value is -3.26. The Labute approximate surface area is 192 Å². The van der Waals surface area contributed by atoms with Crippen molar-refractivity contribution in [2.75, 3.05) is 49.5 Å². The molecule has 0 radical (unpaired) electrons. The van der Waals surface area contributed by atoms with E-state index in [1.807, 2.05) is 18.2 Å². The summed E-state index contributed by atoms with van der Waals surface area (Å²) in [6.45, 7) is 3.30. The fourth-order valence-corrected chi connectivity index (χ4v) is 4.26. The molecule has 2 fully saturated rings. The zero-order chi connectivity index (χ0) is 22.5. The molecule has 32 heavy (non-hydrogen) atoms. The summed E-state index contributed by atoms with van der Waals surface area (Å²) in [6.07, 6.45) is -0.0415. The number of nitrogens with one attached hydrogen (secondary N) is 2. The summed E-state index contributed by atoms with van der Waals surface area (Å²) in [6, 6.07) is 15.6. The number of nitrogens with zero attached hydrogens (tertiary/aromatic N) is 3. The van der Waals surface area contributed by atoms with E-state index in [9.17, 15) is 14.4 Å². The number of amides is 4. The van der Waals surface area contributed by atoms with Crippen molar-refractivity contribution in [3.05, 3.63) is 59.6 Å². The van der Waals surface area contributed by atoms with E-state index in [-0.39, 0.29) is 18.2 Å². The minimum absolute atomic E-state index is 0.0415. The SMILES string of the molecule is O=C1NCCN(C(=O)Nc2cccc(Cl)c2)[C@H]1CC(=O)N1CCN(c2ccccc2)CC1. The van der Waals surface area contributed by atoms with Gasteiger partial charge in [0.15, 0.2) is 0 Å². The van der Waals surface area contributed by atoms with E-state index in [4.69, 9.17) is 11.6 Å². The molecule has 4 amide bonds. The summed E-state index contributed by atoms with van der Waals surface area (Å²) in [4.78, 5) is 43.8. The maximum absolute atomic E-state index is 13.0. The van der Waals surface area contributed by atoms with Gasteiger partial charge in [0, 0.05) is 55.7 Å². The molecular weight excluding hydrogens is 430 g/mol. The van der Waals surface area contributed by atoms with Gasteiger partial charge >= 0.3 is 6.03 Å². The van der Waals surface area contributed by atoms with E-state index in [1.165, 1.54) is 4.90 Å². The van der Waals surface area contributed by atoms with Crippen LogP contribution in [0.15, 0.2) is 54.6 Å². The molecule has 2 N–H and O–H groups in total. The third-order valence-corrected chi connectivity index (χ3v) is 6.02. The number of hydrogen-bond acceptors (Lipinski definition) is 4. The average Bonchev–Trinajstić information content (AvgIpc) is 2.81. The van der Waals surface area contributed by atoms with Gasteiger partial charge in [0.25, 0.3) is 0 Å². The first kappa shape index (κ1) is 22.0. The van der Waals surface area contributed by atoms with Gasteiger partial charge in [-0.15, -0.1) is 0 Å². The third kappa shape index (κ3) is 5.13. The van der Waals surface area contributed by atoms with Crippen molar-refractivity contribution < 1.29 is 14.4 Å². The number of carbonyl (C=O) groups excluding carboxylic acids is 3. The number of benzene rings is 2. The molecule has 2 heterocycles. The van der Waals surface area contributed by atoms with Crippen LogP contribution in [0, 0.1) is 0 Å². The smallest absolute Gasteiger partial charge is 0.322 e. The number of urea groups is 1. The summed E-state index contributed by atoms with van der Waals surface area (Å²) < 4.78 is 0. The van der Waals surface area contributed by atoms with Crippen LogP contribution >= 0.6 is 11.6 Å². The molecule has 0 unspecified atom stereocenters. The highest BCUT2D eigenvalue weighted by atomic mass is 35.5. The number of anilines is 2. The fourth-order valence-electron chi connectivity index (χ4n) is 4.07. The summed E-state index contributed by atoms with van der Waals surface area (Å²) in [5.41, 5.74) is 1.67. The zero-order valence-electron chi connectivity index (χ0n) is 17.7. The molecule has 2 aliphatic rings. The molecule has 168 valence electrons. The molecule has 0 saturated carbocycles. The van der Waals surface area contributed by atoms with E-state index in [0.29, 0.717) is 36.9 Å². The molecule has 0 bridgehead atoms. The first-order valence-corrected chi connectivity index (χ1v) is 11.1. The number of para-hydroxylation sites is 1. The Balaban J connectivity index is 1.37. The van der Waals surface area contributed by atoms with Crippen LogP contribution in [0.1, 0.15) is 6.42 Å². The summed E-state index contributed by atoms with van der Waals surface area (Å²) in [5.74, 6) is -0.436. The normalized spacial score (nSPS) is 18.8. The van der Waals surface area contributed by atoms with E-state index < -0.39 is 12.1 Å². The van der Waals surface area contributed by atoms with Crippen LogP contribution in [0.2, 0.25) is 5.02 Å². The van der Waals surface area contributed by atoms with E-state index in [1.54, 1.807) is 29.2 Å². The second-order valence-corrected chi connectivity index (χ2v) is 8.28. The lowest BCUT2D eigenvalue weighted by atomic mass is 10.1. The average molecular weight is 456 g/mol. The molecule has 1 atom stereocenters. The monoisotopic (exact) mass is 455 g/mol. The van der Waals surface area contributed by atoms with Gasteiger partial charge in [0.05, 0.1) is 6.42 Å². The van der Waals surface area contributed by atoms with Crippen LogP contribution in [0.4, 0.5) is 16.2 Å². The first-order valence-electron chi connectivity index (χ1n) is 10.7. The zero-order valence-corrected chi connectivity index (χ0v) is 18.4. The summed E-state index contributed by atoms with van der Waals surface area (Å²) in [5, 5.41) is 6.04. The Kier molecular flexibility index (Phi) is 6.80. The summed E-state index contributed by atoms with van der Waals surface area (Å²) in [7, 11) is 0. The predicted octanol–water partition coefficient (Wildman–Crippen LogP) is 2.41. The number of piperazine rings is 2. The molecule has 8 nitrogen and oxygen atoms in total. The molecule has 2 saturated heterocycles. The highest BCUT2D eigenvalue weighted by Gasteiger charge is 2.36. The van der Waals surface area contributed by atoms with Crippen LogP contribution in [-0.2, 0) is 9.59 Å². The Morgan fingerprint density at radius 2 is 1.75 bits per heavy atom. The van der Waals surface area contributed by atoms with Crippen molar-refractivity contribution >= 4 is 40.8 Å². The van der Waals surface area contributed by atoms with E-state index in [0.717, 1.165) is 18.8 Å². The van der Waals surface area contributed by atoms with Gasteiger partial charge in [-0.1, -0.05) is 35.9 Å². The molecule has 2 aromatic carbocycles. The lowest BCUT2D eigenvalue weighted by molar-refractivity contribution is -0.137. The van der Waals surface area contributed by atoms with Crippen molar-refractivity contribution in [2.45, 2.75) is 12.5 Å². The lowest BCUT2D eigenvalue weighted by Gasteiger charge is -2.38. The van der Waals surface area contributed by atoms with Gasteiger partial charge in [-0.2, -0.15) is 0 Å². The Morgan fingerprint density at radius 1 is 1.00 bits per heavy atom. The molecule has 9 heteroatoms. The minimum atomic E-state index is -0.845. The van der Waals surface area contributed by atoms with E-state index >= 15 is 0 Å². The summed E-state index contributed by atoms with van der Waals surface area (Å²) >= 11 is 5.99. The quantitative estimate of drug-likeness (QED) is 0.741. The number of carbonyl (C=O) groups is 3. The topological polar surface area (TPSA) is 85.0 Å². The second kappa shape index (κ2) is 9.91. The molecule has 0 aliphatic carbocycles. The van der Waals surface area contributed by atoms with Gasteiger partial charge in [-0.05, 0) is 30.3 Å². The maximum atomic E-state index is 13.0. The Bertz CT molecular complexity index is 979. The third-order valence-electron chi connectivity index (χ3n) is 5.79. The number of halogens is 1. The maximum Gasteiger partial charge on any atom is 0.322 e. The number of hydrogen-bond donors (Lipinski definition) is 2. The first-order chi connectivity index (χ1) is 15.5. The molecule has 2 aliphatic heterocycles. The van der Waals surface area contributed by atoms with Crippen LogP contribution in [0.25, 0.3) is 0 Å². The van der Waals surface area contributed by atoms with Crippen molar-refractivity contribution in [1.82, 2.24) is 15.1 Å². The number of rotatable bonds is 4. The molecule has 2 aromatic rings.